The first-order chi connectivity index (χ1) is 14.3. The fraction of sp³-hybridized carbons (Fsp3) is 0.316. The van der Waals surface area contributed by atoms with E-state index >= 15 is 0 Å². The van der Waals surface area contributed by atoms with Gasteiger partial charge in [-0.1, -0.05) is 29.4 Å². The molecule has 9 nitrogen and oxygen atoms in total. The Labute approximate surface area is 182 Å². The Morgan fingerprint density at radius 3 is 2.67 bits per heavy atom. The lowest BCUT2D eigenvalue weighted by molar-refractivity contribution is -0.385. The third-order valence-corrected chi connectivity index (χ3v) is 5.85. The first-order valence-corrected chi connectivity index (χ1v) is 10.4. The normalized spacial score (nSPS) is 12.0. The monoisotopic (exact) mass is 448 g/mol. The zero-order valence-electron chi connectivity index (χ0n) is 16.8. The number of halogens is 1. The molecule has 0 amide bonds. The van der Waals surface area contributed by atoms with Crippen molar-refractivity contribution in [3.8, 4) is 5.75 Å². The molecule has 2 heterocycles. The van der Waals surface area contributed by atoms with Gasteiger partial charge in [0.25, 0.3) is 0 Å². The van der Waals surface area contributed by atoms with Crippen LogP contribution in [0.25, 0.3) is 0 Å². The highest BCUT2D eigenvalue weighted by Crippen LogP contribution is 2.30. The molecule has 30 heavy (non-hydrogen) atoms. The van der Waals surface area contributed by atoms with Gasteiger partial charge in [-0.15, -0.1) is 16.8 Å². The van der Waals surface area contributed by atoms with Crippen molar-refractivity contribution in [1.82, 2.24) is 24.5 Å². The molecule has 0 spiro atoms. The van der Waals surface area contributed by atoms with Gasteiger partial charge in [0, 0.05) is 11.6 Å². The molecule has 1 atom stereocenters. The fourth-order valence-electron chi connectivity index (χ4n) is 2.88. The van der Waals surface area contributed by atoms with Gasteiger partial charge >= 0.3 is 5.69 Å². The first-order valence-electron chi connectivity index (χ1n) is 9.07. The number of benzene rings is 1. The Hall–Kier alpha value is -2.85. The quantitative estimate of drug-likeness (QED) is 0.202. The lowest BCUT2D eigenvalue weighted by atomic mass is 10.1. The molecule has 1 unspecified atom stereocenters. The number of thioether (sulfide) groups is 1. The minimum Gasteiger partial charge on any atom is -0.483 e. The molecule has 1 aromatic carbocycles. The molecule has 0 fully saturated rings. The molecule has 0 saturated heterocycles. The van der Waals surface area contributed by atoms with E-state index in [1.807, 2.05) is 37.5 Å². The average molecular weight is 449 g/mol. The van der Waals surface area contributed by atoms with Gasteiger partial charge in [-0.25, -0.2) is 0 Å². The molecule has 0 aliphatic carbocycles. The summed E-state index contributed by atoms with van der Waals surface area (Å²) in [4.78, 5) is 10.3. The predicted molar refractivity (Wildman–Crippen MR) is 115 cm³/mol. The van der Waals surface area contributed by atoms with Crippen molar-refractivity contribution in [1.29, 1.82) is 0 Å². The second-order valence-electron chi connectivity index (χ2n) is 6.64. The summed E-state index contributed by atoms with van der Waals surface area (Å²) in [5.41, 5.74) is 1.83. The van der Waals surface area contributed by atoms with Crippen LogP contribution in [0.4, 0.5) is 5.69 Å². The topological polar surface area (TPSA) is 101 Å². The summed E-state index contributed by atoms with van der Waals surface area (Å²) in [5.74, 6) is 1.70. The number of ether oxygens (including phenoxy) is 1. The van der Waals surface area contributed by atoms with Crippen LogP contribution in [-0.2, 0) is 12.4 Å². The van der Waals surface area contributed by atoms with Gasteiger partial charge < -0.3 is 4.74 Å². The summed E-state index contributed by atoms with van der Waals surface area (Å²) >= 11 is 7.60. The highest BCUT2D eigenvalue weighted by Gasteiger charge is 2.20. The Morgan fingerprint density at radius 1 is 1.37 bits per heavy atom. The molecule has 0 bridgehead atoms. The third-order valence-electron chi connectivity index (χ3n) is 4.30. The Morgan fingerprint density at radius 2 is 2.07 bits per heavy atom. The van der Waals surface area contributed by atoms with E-state index in [2.05, 4.69) is 21.9 Å². The maximum absolute atomic E-state index is 10.8. The highest BCUT2D eigenvalue weighted by atomic mass is 35.5. The summed E-state index contributed by atoms with van der Waals surface area (Å²) in [6.45, 7) is 10.1. The molecule has 2 aromatic heterocycles. The molecule has 0 N–H and O–H groups in total. The van der Waals surface area contributed by atoms with Crippen LogP contribution < -0.4 is 4.74 Å². The van der Waals surface area contributed by atoms with Crippen molar-refractivity contribution in [2.45, 2.75) is 44.5 Å². The van der Waals surface area contributed by atoms with E-state index in [0.29, 0.717) is 29.2 Å². The zero-order chi connectivity index (χ0) is 21.8. The lowest BCUT2D eigenvalue weighted by Gasteiger charge is -2.17. The number of hydrogen-bond donors (Lipinski definition) is 0. The van der Waals surface area contributed by atoms with E-state index in [1.165, 1.54) is 28.8 Å². The Kier molecular flexibility index (Phi) is 6.78. The van der Waals surface area contributed by atoms with Crippen molar-refractivity contribution >= 4 is 29.1 Å². The standard InChI is InChI=1S/C19H21ClN6O3S/c1-5-6-25-18(14(4)29-16-7-12(2)17(20)13(3)8-16)22-23-19(25)30-11-24-10-15(9-21-24)26(27)28/h5,7-10,14H,1,6,11H2,2-4H3. The molecular weight excluding hydrogens is 428 g/mol. The summed E-state index contributed by atoms with van der Waals surface area (Å²) < 4.78 is 9.47. The zero-order valence-corrected chi connectivity index (χ0v) is 18.4. The number of nitrogens with zero attached hydrogens (tertiary/aromatic N) is 6. The summed E-state index contributed by atoms with van der Waals surface area (Å²) in [6, 6.07) is 3.78. The van der Waals surface area contributed by atoms with Gasteiger partial charge in [0.15, 0.2) is 17.1 Å². The van der Waals surface area contributed by atoms with Crippen LogP contribution in [0.1, 0.15) is 30.0 Å². The Bertz CT molecular complexity index is 1060. The maximum Gasteiger partial charge on any atom is 0.307 e. The number of aryl methyl sites for hydroxylation is 2. The van der Waals surface area contributed by atoms with Crippen LogP contribution in [0, 0.1) is 24.0 Å². The molecular formula is C19H21ClN6O3S. The van der Waals surface area contributed by atoms with Crippen LogP contribution >= 0.6 is 23.4 Å². The Balaban J connectivity index is 1.77. The summed E-state index contributed by atoms with van der Waals surface area (Å²) in [6.07, 6.45) is 3.97. The number of aromatic nitrogens is 5. The SMILES string of the molecule is C=CCn1c(SCn2cc([N+](=O)[O-])cn2)nnc1C(C)Oc1cc(C)c(Cl)c(C)c1. The van der Waals surface area contributed by atoms with E-state index in [-0.39, 0.29) is 11.8 Å². The van der Waals surface area contributed by atoms with Gasteiger partial charge in [-0.3, -0.25) is 19.4 Å². The molecule has 3 aromatic rings. The van der Waals surface area contributed by atoms with Crippen molar-refractivity contribution in [3.63, 3.8) is 0 Å². The first kappa shape index (κ1) is 21.8. The number of allylic oxidation sites excluding steroid dienone is 1. The summed E-state index contributed by atoms with van der Waals surface area (Å²) in [5, 5.41) is 24.7. The average Bonchev–Trinajstić information content (AvgIpc) is 3.32. The van der Waals surface area contributed by atoms with E-state index in [1.54, 1.807) is 6.08 Å². The van der Waals surface area contributed by atoms with Crippen LogP contribution in [0.3, 0.4) is 0 Å². The van der Waals surface area contributed by atoms with Crippen molar-refractivity contribution in [3.05, 3.63) is 69.3 Å². The van der Waals surface area contributed by atoms with E-state index in [0.717, 1.165) is 16.1 Å². The van der Waals surface area contributed by atoms with E-state index in [9.17, 15) is 10.1 Å². The molecule has 3 rings (SSSR count). The molecule has 11 heteroatoms. The minimum atomic E-state index is -0.480. The predicted octanol–water partition coefficient (Wildman–Crippen LogP) is 4.73. The van der Waals surface area contributed by atoms with Crippen LogP contribution in [0.15, 0.2) is 42.3 Å². The number of rotatable bonds is 9. The number of nitro groups is 1. The molecule has 0 radical (unpaired) electrons. The van der Waals surface area contributed by atoms with Gasteiger partial charge in [-0.05, 0) is 44.0 Å². The molecule has 0 aliphatic heterocycles. The van der Waals surface area contributed by atoms with Gasteiger partial charge in [0.1, 0.15) is 18.1 Å². The van der Waals surface area contributed by atoms with Gasteiger partial charge in [-0.2, -0.15) is 5.10 Å². The van der Waals surface area contributed by atoms with E-state index < -0.39 is 4.92 Å². The van der Waals surface area contributed by atoms with Crippen molar-refractivity contribution < 1.29 is 9.66 Å². The summed E-state index contributed by atoms with van der Waals surface area (Å²) in [7, 11) is 0. The molecule has 158 valence electrons. The largest absolute Gasteiger partial charge is 0.483 e. The minimum absolute atomic E-state index is 0.0561. The molecule has 0 saturated carbocycles. The molecule has 0 aliphatic rings. The maximum atomic E-state index is 10.8. The van der Waals surface area contributed by atoms with Crippen LogP contribution in [0.2, 0.25) is 5.02 Å². The van der Waals surface area contributed by atoms with Crippen LogP contribution in [0.5, 0.6) is 5.75 Å². The second-order valence-corrected chi connectivity index (χ2v) is 7.93. The fourth-order valence-corrected chi connectivity index (χ4v) is 3.80. The number of hydrogen-bond acceptors (Lipinski definition) is 7. The van der Waals surface area contributed by atoms with Crippen LogP contribution in [-0.4, -0.2) is 29.5 Å². The highest BCUT2D eigenvalue weighted by molar-refractivity contribution is 7.98. The van der Waals surface area contributed by atoms with Crippen molar-refractivity contribution in [2.75, 3.05) is 0 Å². The lowest BCUT2D eigenvalue weighted by Crippen LogP contribution is -2.12. The van der Waals surface area contributed by atoms with Crippen molar-refractivity contribution in [2.24, 2.45) is 0 Å². The third kappa shape index (κ3) is 4.82. The van der Waals surface area contributed by atoms with Gasteiger partial charge in [0.2, 0.25) is 0 Å². The second kappa shape index (κ2) is 9.31. The smallest absolute Gasteiger partial charge is 0.307 e. The van der Waals surface area contributed by atoms with Gasteiger partial charge in [0.05, 0.1) is 10.8 Å². The van der Waals surface area contributed by atoms with E-state index in [4.69, 9.17) is 16.3 Å².